The van der Waals surface area contributed by atoms with Crippen molar-refractivity contribution >= 4 is 51.5 Å². The van der Waals surface area contributed by atoms with E-state index in [1.165, 1.54) is 12.1 Å². The van der Waals surface area contributed by atoms with Crippen molar-refractivity contribution in [1.82, 2.24) is 9.97 Å². The van der Waals surface area contributed by atoms with Crippen molar-refractivity contribution in [3.63, 3.8) is 0 Å². The summed E-state index contributed by atoms with van der Waals surface area (Å²) in [5, 5.41) is 1.36. The second-order valence-corrected chi connectivity index (χ2v) is 5.60. The van der Waals surface area contributed by atoms with Crippen LogP contribution in [0.2, 0.25) is 15.1 Å². The molecule has 2 aromatic carbocycles. The predicted octanol–water partition coefficient (Wildman–Crippen LogP) is 4.98. The zero-order valence-electron chi connectivity index (χ0n) is 10.4. The Hall–Kier alpha value is -1.62. The largest absolute Gasteiger partial charge is 0.383 e. The first kappa shape index (κ1) is 14.3. The van der Waals surface area contributed by atoms with Gasteiger partial charge in [-0.25, -0.2) is 14.4 Å². The van der Waals surface area contributed by atoms with E-state index in [1.807, 2.05) is 0 Å². The van der Waals surface area contributed by atoms with Crippen molar-refractivity contribution in [3.05, 3.63) is 51.2 Å². The van der Waals surface area contributed by atoms with Gasteiger partial charge < -0.3 is 5.73 Å². The van der Waals surface area contributed by atoms with Crippen LogP contribution in [-0.2, 0) is 0 Å². The van der Waals surface area contributed by atoms with Gasteiger partial charge in [-0.1, -0.05) is 34.8 Å². The molecule has 0 aliphatic rings. The molecule has 0 radical (unpaired) electrons. The van der Waals surface area contributed by atoms with E-state index in [9.17, 15) is 4.39 Å². The molecule has 0 aliphatic heterocycles. The van der Waals surface area contributed by atoms with Gasteiger partial charge in [-0.3, -0.25) is 0 Å². The Morgan fingerprint density at radius 1 is 0.952 bits per heavy atom. The second kappa shape index (κ2) is 5.30. The van der Waals surface area contributed by atoms with Crippen LogP contribution in [0.25, 0.3) is 22.3 Å². The number of nitrogen functional groups attached to an aromatic ring is 1. The maximum atomic E-state index is 13.5. The number of nitrogens with zero attached hydrogens (tertiary/aromatic N) is 2. The lowest BCUT2D eigenvalue weighted by molar-refractivity contribution is 0.628. The average molecular weight is 343 g/mol. The molecule has 0 atom stereocenters. The van der Waals surface area contributed by atoms with Crippen molar-refractivity contribution < 1.29 is 4.39 Å². The zero-order valence-corrected chi connectivity index (χ0v) is 12.6. The molecule has 3 nitrogen and oxygen atoms in total. The Morgan fingerprint density at radius 3 is 2.43 bits per heavy atom. The molecule has 0 spiro atoms. The molecule has 0 saturated heterocycles. The summed E-state index contributed by atoms with van der Waals surface area (Å²) in [5.41, 5.74) is 6.82. The van der Waals surface area contributed by atoms with E-state index in [0.29, 0.717) is 26.5 Å². The Kier molecular flexibility index (Phi) is 3.61. The van der Waals surface area contributed by atoms with Crippen LogP contribution in [-0.4, -0.2) is 9.97 Å². The van der Waals surface area contributed by atoms with Crippen molar-refractivity contribution in [1.29, 1.82) is 0 Å². The Labute approximate surface area is 134 Å². The minimum absolute atomic E-state index is 0.0253. The van der Waals surface area contributed by atoms with Crippen LogP contribution in [0.5, 0.6) is 0 Å². The molecule has 0 fully saturated rings. The topological polar surface area (TPSA) is 51.8 Å². The van der Waals surface area contributed by atoms with E-state index >= 15 is 0 Å². The first-order chi connectivity index (χ1) is 9.95. The number of halogens is 4. The van der Waals surface area contributed by atoms with Gasteiger partial charge in [-0.05, 0) is 30.3 Å². The highest BCUT2D eigenvalue weighted by atomic mass is 35.5. The summed E-state index contributed by atoms with van der Waals surface area (Å²) >= 11 is 17.7. The third-order valence-electron chi connectivity index (χ3n) is 2.93. The summed E-state index contributed by atoms with van der Waals surface area (Å²) < 4.78 is 13.5. The van der Waals surface area contributed by atoms with Gasteiger partial charge in [0, 0.05) is 16.0 Å². The number of fused-ring (bicyclic) bond motifs is 1. The molecule has 0 unspecified atom stereocenters. The summed E-state index contributed by atoms with van der Waals surface area (Å²) in [6.45, 7) is 0. The van der Waals surface area contributed by atoms with Gasteiger partial charge in [0.15, 0.2) is 5.82 Å². The Morgan fingerprint density at radius 2 is 1.71 bits per heavy atom. The maximum Gasteiger partial charge on any atom is 0.162 e. The van der Waals surface area contributed by atoms with Crippen molar-refractivity contribution in [2.24, 2.45) is 0 Å². The van der Waals surface area contributed by atoms with Crippen LogP contribution in [0.3, 0.4) is 0 Å². The number of rotatable bonds is 1. The highest BCUT2D eigenvalue weighted by Crippen LogP contribution is 2.31. The lowest BCUT2D eigenvalue weighted by Gasteiger charge is -2.08. The first-order valence-corrected chi connectivity index (χ1v) is 6.97. The van der Waals surface area contributed by atoms with Crippen LogP contribution >= 0.6 is 34.8 Å². The third kappa shape index (κ3) is 2.62. The lowest BCUT2D eigenvalue weighted by atomic mass is 10.1. The fourth-order valence-electron chi connectivity index (χ4n) is 1.94. The van der Waals surface area contributed by atoms with E-state index in [0.717, 1.165) is 0 Å². The summed E-state index contributed by atoms with van der Waals surface area (Å²) in [7, 11) is 0. The molecule has 0 amide bonds. The molecule has 0 bridgehead atoms. The highest BCUT2D eigenvalue weighted by Gasteiger charge is 2.12. The van der Waals surface area contributed by atoms with Crippen LogP contribution in [0, 0.1) is 5.82 Å². The highest BCUT2D eigenvalue weighted by molar-refractivity contribution is 6.38. The third-order valence-corrected chi connectivity index (χ3v) is 3.74. The quantitative estimate of drug-likeness (QED) is 0.678. The van der Waals surface area contributed by atoms with E-state index in [1.54, 1.807) is 18.2 Å². The minimum atomic E-state index is -0.557. The molecule has 1 heterocycles. The van der Waals surface area contributed by atoms with Gasteiger partial charge in [0.1, 0.15) is 11.6 Å². The van der Waals surface area contributed by atoms with Gasteiger partial charge in [0.25, 0.3) is 0 Å². The molecule has 21 heavy (non-hydrogen) atoms. The Balaban J connectivity index is 2.27. The standard InChI is InChI=1S/C14H7Cl3FN3/c15-7-4-8-12(10(17)5-7)20-14(21-13(8)19)6-1-2-9(16)11(18)3-6/h1-5H,(H2,19,20,21). The van der Waals surface area contributed by atoms with Crippen LogP contribution in [0.1, 0.15) is 0 Å². The number of hydrogen-bond acceptors (Lipinski definition) is 3. The fraction of sp³-hybridized carbons (Fsp3) is 0. The summed E-state index contributed by atoms with van der Waals surface area (Å²) in [6.07, 6.45) is 0. The minimum Gasteiger partial charge on any atom is -0.383 e. The molecular formula is C14H7Cl3FN3. The van der Waals surface area contributed by atoms with Crippen molar-refractivity contribution in [3.8, 4) is 11.4 Å². The smallest absolute Gasteiger partial charge is 0.162 e. The molecule has 106 valence electrons. The number of benzene rings is 2. The molecular weight excluding hydrogens is 336 g/mol. The fourth-order valence-corrected chi connectivity index (χ4v) is 2.60. The molecule has 3 rings (SSSR count). The van der Waals surface area contributed by atoms with Crippen LogP contribution < -0.4 is 5.73 Å². The maximum absolute atomic E-state index is 13.5. The van der Waals surface area contributed by atoms with Gasteiger partial charge in [-0.2, -0.15) is 0 Å². The second-order valence-electron chi connectivity index (χ2n) is 4.35. The number of anilines is 1. The number of aromatic nitrogens is 2. The number of nitrogens with two attached hydrogens (primary N) is 1. The van der Waals surface area contributed by atoms with E-state index < -0.39 is 5.82 Å². The van der Waals surface area contributed by atoms with Gasteiger partial charge in [0.2, 0.25) is 0 Å². The van der Waals surface area contributed by atoms with E-state index in [-0.39, 0.29) is 16.7 Å². The lowest BCUT2D eigenvalue weighted by Crippen LogP contribution is -1.98. The average Bonchev–Trinajstić information content (AvgIpc) is 2.43. The molecule has 2 N–H and O–H groups in total. The molecule has 0 saturated carbocycles. The summed E-state index contributed by atoms with van der Waals surface area (Å²) in [6, 6.07) is 7.47. The molecule has 1 aromatic heterocycles. The van der Waals surface area contributed by atoms with E-state index in [2.05, 4.69) is 9.97 Å². The summed E-state index contributed by atoms with van der Waals surface area (Å²) in [4.78, 5) is 8.49. The summed E-state index contributed by atoms with van der Waals surface area (Å²) in [5.74, 6) is -0.0758. The normalized spacial score (nSPS) is 11.0. The Bertz CT molecular complexity index is 868. The SMILES string of the molecule is Nc1nc(-c2ccc(Cl)c(F)c2)nc2c(Cl)cc(Cl)cc12. The first-order valence-electron chi connectivity index (χ1n) is 5.83. The number of hydrogen-bond donors (Lipinski definition) is 1. The van der Waals surface area contributed by atoms with Gasteiger partial charge in [0.05, 0.1) is 15.6 Å². The van der Waals surface area contributed by atoms with Crippen molar-refractivity contribution in [2.75, 3.05) is 5.73 Å². The molecule has 3 aromatic rings. The molecule has 0 aliphatic carbocycles. The monoisotopic (exact) mass is 341 g/mol. The van der Waals surface area contributed by atoms with Crippen LogP contribution in [0.15, 0.2) is 30.3 Å². The van der Waals surface area contributed by atoms with Gasteiger partial charge >= 0.3 is 0 Å². The van der Waals surface area contributed by atoms with Crippen molar-refractivity contribution in [2.45, 2.75) is 0 Å². The van der Waals surface area contributed by atoms with Crippen LogP contribution in [0.4, 0.5) is 10.2 Å². The molecule has 7 heteroatoms. The zero-order chi connectivity index (χ0) is 15.1. The predicted molar refractivity (Wildman–Crippen MR) is 84.4 cm³/mol. The van der Waals surface area contributed by atoms with Gasteiger partial charge in [-0.15, -0.1) is 0 Å². The van der Waals surface area contributed by atoms with E-state index in [4.69, 9.17) is 40.5 Å².